The summed E-state index contributed by atoms with van der Waals surface area (Å²) in [5.74, 6) is -5.15. The summed E-state index contributed by atoms with van der Waals surface area (Å²) in [6.07, 6.45) is 0. The van der Waals surface area contributed by atoms with Crippen molar-refractivity contribution >= 4 is 11.9 Å². The van der Waals surface area contributed by atoms with Crippen LogP contribution < -0.4 is 10.2 Å². The van der Waals surface area contributed by atoms with E-state index in [-0.39, 0.29) is 11.8 Å². The van der Waals surface area contributed by atoms with Gasteiger partial charge in [-0.15, -0.1) is 0 Å². The van der Waals surface area contributed by atoms with Crippen molar-refractivity contribution in [3.63, 3.8) is 0 Å². The third-order valence-electron chi connectivity index (χ3n) is 2.37. The van der Waals surface area contributed by atoms with E-state index >= 15 is 0 Å². The van der Waals surface area contributed by atoms with E-state index in [1.165, 1.54) is 0 Å². The number of carbonyl (C=O) groups excluding carboxylic acids is 2. The van der Waals surface area contributed by atoms with Crippen molar-refractivity contribution in [1.29, 1.82) is 0 Å². The van der Waals surface area contributed by atoms with Gasteiger partial charge in [-0.3, -0.25) is 0 Å². The van der Waals surface area contributed by atoms with Crippen LogP contribution in [0.1, 0.15) is 27.7 Å². The molecular weight excluding hydrogens is 184 g/mol. The summed E-state index contributed by atoms with van der Waals surface area (Å²) in [5.41, 5.74) is 0. The van der Waals surface area contributed by atoms with Crippen molar-refractivity contribution in [3.05, 3.63) is 0 Å². The maximum absolute atomic E-state index is 10.8. The van der Waals surface area contributed by atoms with Crippen LogP contribution in [0.15, 0.2) is 0 Å². The average Bonchev–Trinajstić information content (AvgIpc) is 1.96. The maximum Gasteiger partial charge on any atom is 0.0454 e. The predicted octanol–water partition coefficient (Wildman–Crippen LogP) is -0.969. The molecule has 0 aliphatic rings. The first-order valence-electron chi connectivity index (χ1n) is 4.70. The summed E-state index contributed by atoms with van der Waals surface area (Å²) in [7, 11) is 0. The Bertz CT molecular complexity index is 196. The zero-order chi connectivity index (χ0) is 11.5. The maximum atomic E-state index is 10.8. The first-order valence-corrected chi connectivity index (χ1v) is 4.70. The molecule has 0 aliphatic heterocycles. The topological polar surface area (TPSA) is 80.3 Å². The van der Waals surface area contributed by atoms with Gasteiger partial charge in [0, 0.05) is 23.8 Å². The second-order valence-electron chi connectivity index (χ2n) is 4.18. The van der Waals surface area contributed by atoms with Gasteiger partial charge in [-0.2, -0.15) is 0 Å². The first kappa shape index (κ1) is 12.9. The van der Waals surface area contributed by atoms with Crippen LogP contribution in [0, 0.1) is 23.7 Å². The molecule has 0 rings (SSSR count). The number of rotatable bonds is 5. The molecule has 0 amide bonds. The summed E-state index contributed by atoms with van der Waals surface area (Å²) in [6.45, 7) is 6.66. The molecule has 0 aromatic carbocycles. The Hall–Kier alpha value is -1.06. The van der Waals surface area contributed by atoms with Gasteiger partial charge < -0.3 is 19.8 Å². The minimum atomic E-state index is -1.32. The fraction of sp³-hybridized carbons (Fsp3) is 0.800. The molecule has 2 atom stereocenters. The highest BCUT2D eigenvalue weighted by atomic mass is 16.4. The Labute approximate surface area is 83.9 Å². The lowest BCUT2D eigenvalue weighted by Crippen LogP contribution is -2.48. The van der Waals surface area contributed by atoms with Gasteiger partial charge >= 0.3 is 0 Å². The second kappa shape index (κ2) is 4.98. The minimum absolute atomic E-state index is 0.273. The lowest BCUT2D eigenvalue weighted by molar-refractivity contribution is -0.330. The lowest BCUT2D eigenvalue weighted by atomic mass is 9.77. The van der Waals surface area contributed by atoms with E-state index in [1.807, 2.05) is 0 Å². The van der Waals surface area contributed by atoms with Gasteiger partial charge in [0.2, 0.25) is 0 Å². The summed E-state index contributed by atoms with van der Waals surface area (Å²) in [6, 6.07) is 0. The molecule has 0 aromatic heterocycles. The minimum Gasteiger partial charge on any atom is -0.550 e. The van der Waals surface area contributed by atoms with E-state index in [9.17, 15) is 19.8 Å². The van der Waals surface area contributed by atoms with Crippen LogP contribution in [0.5, 0.6) is 0 Å². The van der Waals surface area contributed by atoms with E-state index in [0.717, 1.165) is 0 Å². The van der Waals surface area contributed by atoms with Gasteiger partial charge in [0.15, 0.2) is 0 Å². The number of aliphatic carboxylic acids is 2. The molecule has 4 heteroatoms. The Balaban J connectivity index is 4.93. The van der Waals surface area contributed by atoms with Crippen molar-refractivity contribution in [2.45, 2.75) is 27.7 Å². The van der Waals surface area contributed by atoms with Crippen LogP contribution in [-0.4, -0.2) is 11.9 Å². The molecule has 0 heterocycles. The molecule has 0 radical (unpaired) electrons. The summed E-state index contributed by atoms with van der Waals surface area (Å²) >= 11 is 0. The van der Waals surface area contributed by atoms with Crippen LogP contribution in [0.2, 0.25) is 0 Å². The van der Waals surface area contributed by atoms with E-state index in [0.29, 0.717) is 0 Å². The van der Waals surface area contributed by atoms with Crippen LogP contribution in [0.4, 0.5) is 0 Å². The molecule has 4 nitrogen and oxygen atoms in total. The van der Waals surface area contributed by atoms with Crippen molar-refractivity contribution < 1.29 is 19.8 Å². The van der Waals surface area contributed by atoms with E-state index in [2.05, 4.69) is 0 Å². The van der Waals surface area contributed by atoms with Crippen LogP contribution >= 0.6 is 0 Å². The molecule has 14 heavy (non-hydrogen) atoms. The summed E-state index contributed by atoms with van der Waals surface area (Å²) in [5, 5.41) is 21.6. The number of hydrogen-bond acceptors (Lipinski definition) is 4. The normalized spacial score (nSPS) is 15.6. The highest BCUT2D eigenvalue weighted by Crippen LogP contribution is 2.26. The van der Waals surface area contributed by atoms with Crippen LogP contribution in [-0.2, 0) is 9.59 Å². The van der Waals surface area contributed by atoms with Crippen molar-refractivity contribution in [1.82, 2.24) is 0 Å². The van der Waals surface area contributed by atoms with Crippen molar-refractivity contribution in [3.8, 4) is 0 Å². The molecule has 0 fully saturated rings. The van der Waals surface area contributed by atoms with Gasteiger partial charge in [0.05, 0.1) is 0 Å². The standard InChI is InChI=1S/C10H18O4/c1-5(2)7(9(11)12)8(6(3)4)10(13)14/h5-8H,1-4H3,(H,11,12)(H,13,14)/p-2. The van der Waals surface area contributed by atoms with Crippen LogP contribution in [0.25, 0.3) is 0 Å². The van der Waals surface area contributed by atoms with Gasteiger partial charge in [0.25, 0.3) is 0 Å². The monoisotopic (exact) mass is 200 g/mol. The zero-order valence-electron chi connectivity index (χ0n) is 8.94. The second-order valence-corrected chi connectivity index (χ2v) is 4.18. The van der Waals surface area contributed by atoms with E-state index in [4.69, 9.17) is 0 Å². The highest BCUT2D eigenvalue weighted by molar-refractivity contribution is 5.78. The van der Waals surface area contributed by atoms with E-state index < -0.39 is 23.8 Å². The van der Waals surface area contributed by atoms with Gasteiger partial charge in [-0.05, 0) is 11.8 Å². The smallest absolute Gasteiger partial charge is 0.0454 e. The Morgan fingerprint density at radius 3 is 1.07 bits per heavy atom. The molecule has 0 aliphatic carbocycles. The zero-order valence-corrected chi connectivity index (χ0v) is 8.94. The third-order valence-corrected chi connectivity index (χ3v) is 2.37. The largest absolute Gasteiger partial charge is 0.550 e. The number of carboxylic acids is 2. The Kier molecular flexibility index (Phi) is 4.60. The Morgan fingerprint density at radius 1 is 0.786 bits per heavy atom. The number of hydrogen-bond donors (Lipinski definition) is 0. The summed E-state index contributed by atoms with van der Waals surface area (Å²) in [4.78, 5) is 21.6. The van der Waals surface area contributed by atoms with Gasteiger partial charge in [-0.1, -0.05) is 27.7 Å². The van der Waals surface area contributed by atoms with Crippen LogP contribution in [0.3, 0.4) is 0 Å². The third kappa shape index (κ3) is 3.01. The molecule has 0 spiro atoms. The highest BCUT2D eigenvalue weighted by Gasteiger charge is 2.29. The number of carbonyl (C=O) groups is 2. The van der Waals surface area contributed by atoms with Gasteiger partial charge in [-0.25, -0.2) is 0 Å². The molecule has 0 saturated heterocycles. The molecule has 0 aromatic rings. The quantitative estimate of drug-likeness (QED) is 0.572. The Morgan fingerprint density at radius 2 is 1.00 bits per heavy atom. The molecule has 0 bridgehead atoms. The fourth-order valence-corrected chi connectivity index (χ4v) is 1.67. The molecule has 2 unspecified atom stereocenters. The fourth-order valence-electron chi connectivity index (χ4n) is 1.67. The van der Waals surface area contributed by atoms with E-state index in [1.54, 1.807) is 27.7 Å². The van der Waals surface area contributed by atoms with Gasteiger partial charge in [0.1, 0.15) is 0 Å². The lowest BCUT2D eigenvalue weighted by Gasteiger charge is -2.34. The molecule has 0 N–H and O–H groups in total. The predicted molar refractivity (Wildman–Crippen MR) is 46.7 cm³/mol. The number of carboxylic acid groups (broad SMARTS) is 2. The SMILES string of the molecule is CC(C)C(C(=O)[O-])C(C(=O)[O-])C(C)C. The van der Waals surface area contributed by atoms with Crippen molar-refractivity contribution in [2.75, 3.05) is 0 Å². The molecular formula is C10H16O4-2. The van der Waals surface area contributed by atoms with Crippen molar-refractivity contribution in [2.24, 2.45) is 23.7 Å². The molecule has 82 valence electrons. The molecule has 0 saturated carbocycles. The average molecular weight is 200 g/mol. The summed E-state index contributed by atoms with van der Waals surface area (Å²) < 4.78 is 0. The first-order chi connectivity index (χ1) is 6.29.